The summed E-state index contributed by atoms with van der Waals surface area (Å²) in [5.74, 6) is -0.0757. The van der Waals surface area contributed by atoms with E-state index in [-0.39, 0.29) is 5.91 Å². The highest BCUT2D eigenvalue weighted by atomic mass is 79.9. The number of pyridine rings is 1. The molecule has 0 radical (unpaired) electrons. The van der Waals surface area contributed by atoms with Crippen molar-refractivity contribution in [2.75, 3.05) is 34.2 Å². The summed E-state index contributed by atoms with van der Waals surface area (Å²) in [4.78, 5) is 30.0. The molecule has 2 heterocycles. The van der Waals surface area contributed by atoms with Crippen molar-refractivity contribution in [2.24, 2.45) is 0 Å². The number of likely N-dealkylation sites (N-methyl/N-ethyl adjacent to an activating group) is 2. The molecule has 6 nitrogen and oxygen atoms in total. The number of para-hydroxylation sites is 1. The first kappa shape index (κ1) is 19.4. The van der Waals surface area contributed by atoms with Crippen molar-refractivity contribution in [3.8, 4) is 11.3 Å². The summed E-state index contributed by atoms with van der Waals surface area (Å²) in [5, 5.41) is 0. The third-order valence-corrected chi connectivity index (χ3v) is 4.97. The Bertz CT molecular complexity index is 989. The largest absolute Gasteiger partial charge is 0.339 e. The molecular weight excluding hydrogens is 406 g/mol. The minimum Gasteiger partial charge on any atom is -0.339 e. The minimum atomic E-state index is -0.0757. The highest BCUT2D eigenvalue weighted by Crippen LogP contribution is 2.25. The van der Waals surface area contributed by atoms with Crippen molar-refractivity contribution in [3.63, 3.8) is 0 Å². The number of fused-ring (bicyclic) bond motifs is 1. The van der Waals surface area contributed by atoms with Crippen molar-refractivity contribution >= 4 is 32.9 Å². The Morgan fingerprint density at radius 2 is 1.89 bits per heavy atom. The maximum absolute atomic E-state index is 12.7. The van der Waals surface area contributed by atoms with Gasteiger partial charge in [-0.25, -0.2) is 4.98 Å². The number of rotatable bonds is 5. The van der Waals surface area contributed by atoms with Crippen molar-refractivity contribution in [1.29, 1.82) is 0 Å². The van der Waals surface area contributed by atoms with Gasteiger partial charge in [-0.3, -0.25) is 14.8 Å². The second-order valence-corrected chi connectivity index (χ2v) is 7.64. The average molecular weight is 428 g/mol. The van der Waals surface area contributed by atoms with E-state index < -0.39 is 0 Å². The summed E-state index contributed by atoms with van der Waals surface area (Å²) in [7, 11) is 5.77. The number of carbonyl (C=O) groups excluding carboxylic acids is 1. The summed E-state index contributed by atoms with van der Waals surface area (Å²) >= 11 is 3.52. The van der Waals surface area contributed by atoms with Crippen molar-refractivity contribution in [1.82, 2.24) is 24.8 Å². The summed E-state index contributed by atoms with van der Waals surface area (Å²) < 4.78 is 0.897. The molecule has 1 aromatic carbocycles. The van der Waals surface area contributed by atoms with Crippen LogP contribution >= 0.6 is 15.9 Å². The lowest BCUT2D eigenvalue weighted by atomic mass is 10.1. The van der Waals surface area contributed by atoms with E-state index in [9.17, 15) is 4.79 Å². The smallest absolute Gasteiger partial charge is 0.272 e. The highest BCUT2D eigenvalue weighted by molar-refractivity contribution is 9.10. The normalized spacial score (nSPS) is 11.2. The van der Waals surface area contributed by atoms with Gasteiger partial charge in [0.05, 0.1) is 17.4 Å². The molecule has 0 aliphatic carbocycles. The van der Waals surface area contributed by atoms with Crippen LogP contribution in [-0.4, -0.2) is 64.9 Å². The van der Waals surface area contributed by atoms with Gasteiger partial charge in [0, 0.05) is 36.4 Å². The molecule has 3 aromatic rings. The zero-order chi connectivity index (χ0) is 19.6. The molecule has 0 unspecified atom stereocenters. The van der Waals surface area contributed by atoms with Gasteiger partial charge in [0.25, 0.3) is 5.91 Å². The summed E-state index contributed by atoms with van der Waals surface area (Å²) in [6.45, 7) is 3.35. The van der Waals surface area contributed by atoms with Crippen LogP contribution in [0.25, 0.3) is 22.3 Å². The molecule has 27 heavy (non-hydrogen) atoms. The number of amides is 1. The first-order valence-electron chi connectivity index (χ1n) is 8.65. The molecule has 0 saturated heterocycles. The number of carbonyl (C=O) groups is 1. The lowest BCUT2D eigenvalue weighted by molar-refractivity contribution is 0.0780. The van der Waals surface area contributed by atoms with Gasteiger partial charge in [0.1, 0.15) is 11.2 Å². The van der Waals surface area contributed by atoms with E-state index in [1.807, 2.05) is 50.2 Å². The number of hydrogen-bond donors (Lipinski definition) is 0. The number of hydrogen-bond acceptors (Lipinski definition) is 5. The zero-order valence-electron chi connectivity index (χ0n) is 15.9. The molecule has 2 aromatic heterocycles. The maximum atomic E-state index is 12.7. The minimum absolute atomic E-state index is 0.0757. The molecule has 7 heteroatoms. The Hall–Kier alpha value is -2.38. The molecule has 0 aliphatic heterocycles. The van der Waals surface area contributed by atoms with Crippen molar-refractivity contribution in [2.45, 2.75) is 6.92 Å². The van der Waals surface area contributed by atoms with Crippen LogP contribution in [0.2, 0.25) is 0 Å². The van der Waals surface area contributed by atoms with Gasteiger partial charge in [-0.15, -0.1) is 0 Å². The fourth-order valence-corrected chi connectivity index (χ4v) is 3.15. The quantitative estimate of drug-likeness (QED) is 0.624. The van der Waals surface area contributed by atoms with Gasteiger partial charge in [0.2, 0.25) is 0 Å². The number of nitrogens with zero attached hydrogens (tertiary/aromatic N) is 5. The molecule has 0 atom stereocenters. The van der Waals surface area contributed by atoms with Crippen LogP contribution in [0.15, 0.2) is 41.1 Å². The van der Waals surface area contributed by atoms with Gasteiger partial charge in [0.15, 0.2) is 0 Å². The Balaban J connectivity index is 1.88. The fraction of sp³-hybridized carbons (Fsp3) is 0.300. The second kappa shape index (κ2) is 8.10. The lowest BCUT2D eigenvalue weighted by Crippen LogP contribution is -2.34. The van der Waals surface area contributed by atoms with Crippen LogP contribution in [0.3, 0.4) is 0 Å². The number of halogens is 1. The SMILES string of the molecule is Cc1cc(-c2cnc3cccc(Br)c3n2)cnc1C(=O)N(C)CCN(C)C. The number of aryl methyl sites for hydroxylation is 1. The Morgan fingerprint density at radius 1 is 1.11 bits per heavy atom. The molecule has 3 rings (SSSR count). The molecule has 0 spiro atoms. The first-order valence-corrected chi connectivity index (χ1v) is 9.44. The lowest BCUT2D eigenvalue weighted by Gasteiger charge is -2.20. The standard InChI is InChI=1S/C20H22BrN5O/c1-13-10-14(11-23-18(13)20(27)26(4)9-8-25(2)3)17-12-22-16-7-5-6-15(21)19(16)24-17/h5-7,10-12H,8-9H2,1-4H3. The summed E-state index contributed by atoms with van der Waals surface area (Å²) in [5.41, 5.74) is 4.48. The van der Waals surface area contributed by atoms with E-state index in [1.165, 1.54) is 0 Å². The molecule has 0 aliphatic rings. The van der Waals surface area contributed by atoms with Gasteiger partial charge in [-0.2, -0.15) is 0 Å². The summed E-state index contributed by atoms with van der Waals surface area (Å²) in [6, 6.07) is 7.73. The van der Waals surface area contributed by atoms with Gasteiger partial charge >= 0.3 is 0 Å². The topological polar surface area (TPSA) is 62.2 Å². The molecule has 1 amide bonds. The number of benzene rings is 1. The monoisotopic (exact) mass is 427 g/mol. The third-order valence-electron chi connectivity index (χ3n) is 4.33. The molecule has 140 valence electrons. The third kappa shape index (κ3) is 4.31. The van der Waals surface area contributed by atoms with E-state index >= 15 is 0 Å². The van der Waals surface area contributed by atoms with Crippen molar-refractivity contribution in [3.05, 3.63) is 52.4 Å². The van der Waals surface area contributed by atoms with Crippen LogP contribution < -0.4 is 0 Å². The van der Waals surface area contributed by atoms with Crippen LogP contribution in [0, 0.1) is 6.92 Å². The van der Waals surface area contributed by atoms with Gasteiger partial charge < -0.3 is 9.80 Å². The predicted molar refractivity (Wildman–Crippen MR) is 111 cm³/mol. The van der Waals surface area contributed by atoms with E-state index in [1.54, 1.807) is 24.3 Å². The first-order chi connectivity index (χ1) is 12.9. The predicted octanol–water partition coefficient (Wildman–Crippen LogP) is 3.40. The average Bonchev–Trinajstić information content (AvgIpc) is 2.65. The van der Waals surface area contributed by atoms with E-state index in [4.69, 9.17) is 4.98 Å². The van der Waals surface area contributed by atoms with Gasteiger partial charge in [-0.1, -0.05) is 6.07 Å². The van der Waals surface area contributed by atoms with Crippen LogP contribution in [-0.2, 0) is 0 Å². The Kier molecular flexibility index (Phi) is 5.82. The van der Waals surface area contributed by atoms with Crippen LogP contribution in [0.4, 0.5) is 0 Å². The highest BCUT2D eigenvalue weighted by Gasteiger charge is 2.17. The Labute approximate surface area is 167 Å². The summed E-state index contributed by atoms with van der Waals surface area (Å²) in [6.07, 6.45) is 3.42. The molecule has 0 bridgehead atoms. The zero-order valence-corrected chi connectivity index (χ0v) is 17.5. The van der Waals surface area contributed by atoms with Crippen molar-refractivity contribution < 1.29 is 4.79 Å². The second-order valence-electron chi connectivity index (χ2n) is 6.78. The maximum Gasteiger partial charge on any atom is 0.272 e. The van der Waals surface area contributed by atoms with E-state index in [0.717, 1.165) is 38.9 Å². The molecule has 0 N–H and O–H groups in total. The fourth-order valence-electron chi connectivity index (χ4n) is 2.71. The molecule has 0 fully saturated rings. The number of aromatic nitrogens is 3. The molecule has 0 saturated carbocycles. The van der Waals surface area contributed by atoms with Crippen LogP contribution in [0.5, 0.6) is 0 Å². The Morgan fingerprint density at radius 3 is 2.59 bits per heavy atom. The van der Waals surface area contributed by atoms with E-state index in [2.05, 4.69) is 25.9 Å². The molecular formula is C20H22BrN5O. The van der Waals surface area contributed by atoms with Crippen LogP contribution in [0.1, 0.15) is 16.1 Å². The van der Waals surface area contributed by atoms with E-state index in [0.29, 0.717) is 12.2 Å². The van der Waals surface area contributed by atoms with Gasteiger partial charge in [-0.05, 0) is 60.7 Å².